The molecule has 0 radical (unpaired) electrons. The van der Waals surface area contributed by atoms with Crippen molar-refractivity contribution in [3.8, 4) is 0 Å². The zero-order valence-electron chi connectivity index (χ0n) is 4.00. The Labute approximate surface area is 148 Å². The van der Waals surface area contributed by atoms with Crippen molar-refractivity contribution < 1.29 is 118 Å². The van der Waals surface area contributed by atoms with Crippen molar-refractivity contribution in [3.63, 3.8) is 0 Å². The zero-order chi connectivity index (χ0) is 0. The quantitative estimate of drug-likeness (QED) is 0.302. The summed E-state index contributed by atoms with van der Waals surface area (Å²) in [6, 6.07) is 0. The van der Waals surface area contributed by atoms with Crippen LogP contribution in [0.5, 0.6) is 0 Å². The van der Waals surface area contributed by atoms with E-state index in [2.05, 4.69) is 0 Å². The second kappa shape index (κ2) is 65.3. The SMILES string of the molecule is [BH4-].[BH4-].[BH4-].[BH4-].[Na+].[Na+].[Na+].[Na+]. The maximum atomic E-state index is 0. The Balaban J connectivity index is 0. The third kappa shape index (κ3) is 48.5. The molecule has 0 spiro atoms. The minimum absolute atomic E-state index is 0. The molecule has 0 N–H and O–H groups in total. The molecule has 0 aliphatic heterocycles. The van der Waals surface area contributed by atoms with E-state index >= 15 is 0 Å². The van der Waals surface area contributed by atoms with E-state index in [1.807, 2.05) is 0 Å². The molecule has 0 saturated heterocycles. The van der Waals surface area contributed by atoms with Crippen molar-refractivity contribution >= 4 is 33.7 Å². The summed E-state index contributed by atoms with van der Waals surface area (Å²) in [6.07, 6.45) is 0. The first kappa shape index (κ1) is 85.7. The molecule has 0 rings (SSSR count). The molecule has 0 heterocycles. The molecular formula is H16B4Na4. The molecule has 0 aromatic rings. The van der Waals surface area contributed by atoms with E-state index in [0.717, 1.165) is 0 Å². The van der Waals surface area contributed by atoms with Gasteiger partial charge in [0.05, 0.1) is 0 Å². The van der Waals surface area contributed by atoms with Gasteiger partial charge in [-0.2, -0.15) is 0 Å². The van der Waals surface area contributed by atoms with Crippen LogP contribution < -0.4 is 118 Å². The van der Waals surface area contributed by atoms with Crippen LogP contribution in [0.15, 0.2) is 0 Å². The van der Waals surface area contributed by atoms with Crippen molar-refractivity contribution in [2.24, 2.45) is 0 Å². The molecule has 0 aliphatic carbocycles. The van der Waals surface area contributed by atoms with E-state index in [9.17, 15) is 0 Å². The van der Waals surface area contributed by atoms with Gasteiger partial charge in [-0.3, -0.25) is 0 Å². The van der Waals surface area contributed by atoms with Gasteiger partial charge >= 0.3 is 118 Å². The van der Waals surface area contributed by atoms with Gasteiger partial charge in [0.1, 0.15) is 0 Å². The topological polar surface area (TPSA) is 0 Å². The van der Waals surface area contributed by atoms with Gasteiger partial charge in [-0.25, -0.2) is 0 Å². The Morgan fingerprint density at radius 2 is 0.250 bits per heavy atom. The molecule has 0 saturated carbocycles. The van der Waals surface area contributed by atoms with Crippen LogP contribution in [-0.4, -0.2) is 33.7 Å². The van der Waals surface area contributed by atoms with Crippen molar-refractivity contribution in [2.75, 3.05) is 0 Å². The van der Waals surface area contributed by atoms with Crippen LogP contribution in [-0.2, 0) is 0 Å². The second-order valence-electron chi connectivity index (χ2n) is 0. The molecule has 8 heteroatoms. The van der Waals surface area contributed by atoms with Crippen LogP contribution in [0.2, 0.25) is 0 Å². The van der Waals surface area contributed by atoms with E-state index in [-0.39, 0.29) is 152 Å². The standard InChI is InChI=1S/4BH4.4Na/h4*1H4;;;;/q4*-1;4*+1. The number of hydrogen-bond donors (Lipinski definition) is 0. The number of hydrogen-bond acceptors (Lipinski definition) is 0. The first-order chi connectivity index (χ1) is 0. The van der Waals surface area contributed by atoms with Gasteiger partial charge in [0.2, 0.25) is 0 Å². The van der Waals surface area contributed by atoms with Crippen LogP contribution in [0.4, 0.5) is 0 Å². The van der Waals surface area contributed by atoms with E-state index in [1.165, 1.54) is 0 Å². The summed E-state index contributed by atoms with van der Waals surface area (Å²) < 4.78 is 0. The molecule has 0 aromatic heterocycles. The fourth-order valence-electron chi connectivity index (χ4n) is 0. The van der Waals surface area contributed by atoms with E-state index in [0.29, 0.717) is 0 Å². The molecule has 0 nitrogen and oxygen atoms in total. The van der Waals surface area contributed by atoms with Gasteiger partial charge in [-0.05, 0) is 0 Å². The monoisotopic (exact) mass is 152 g/mol. The van der Waals surface area contributed by atoms with Crippen LogP contribution in [0, 0.1) is 0 Å². The van der Waals surface area contributed by atoms with Crippen molar-refractivity contribution in [1.82, 2.24) is 0 Å². The fourth-order valence-corrected chi connectivity index (χ4v) is 0. The fraction of sp³-hybridized carbons (Fsp3) is 0. The van der Waals surface area contributed by atoms with Crippen molar-refractivity contribution in [3.05, 3.63) is 0 Å². The summed E-state index contributed by atoms with van der Waals surface area (Å²) in [5.74, 6) is 0. The Kier molecular flexibility index (Phi) is 699. The molecule has 32 valence electrons. The molecule has 0 bridgehead atoms. The molecule has 8 heavy (non-hydrogen) atoms. The molecule has 0 amide bonds. The van der Waals surface area contributed by atoms with Gasteiger partial charge < -0.3 is 0 Å². The summed E-state index contributed by atoms with van der Waals surface area (Å²) in [7, 11) is 0. The molecule has 0 unspecified atom stereocenters. The van der Waals surface area contributed by atoms with E-state index in [1.54, 1.807) is 0 Å². The Morgan fingerprint density at radius 1 is 0.250 bits per heavy atom. The van der Waals surface area contributed by atoms with Gasteiger partial charge in [0.25, 0.3) is 0 Å². The third-order valence-electron chi connectivity index (χ3n) is 0. The summed E-state index contributed by atoms with van der Waals surface area (Å²) in [5.41, 5.74) is 0. The largest absolute Gasteiger partial charge is 1.00 e. The van der Waals surface area contributed by atoms with Crippen LogP contribution in [0.25, 0.3) is 0 Å². The minimum atomic E-state index is 0. The molecule has 0 aliphatic rings. The van der Waals surface area contributed by atoms with Crippen molar-refractivity contribution in [2.45, 2.75) is 0 Å². The summed E-state index contributed by atoms with van der Waals surface area (Å²) >= 11 is 0. The average molecular weight is 151 g/mol. The van der Waals surface area contributed by atoms with Gasteiger partial charge in [-0.1, -0.05) is 33.7 Å². The maximum Gasteiger partial charge on any atom is 1.00 e. The average Bonchev–Trinajstić information content (AvgIpc) is 0. The van der Waals surface area contributed by atoms with Crippen LogP contribution >= 0.6 is 0 Å². The predicted octanol–water partition coefficient (Wildman–Crippen LogP) is -17.8. The Hall–Kier alpha value is 4.26. The molecular weight excluding hydrogens is 135 g/mol. The maximum absolute atomic E-state index is 0. The molecule has 0 atom stereocenters. The molecule has 0 fully saturated rings. The van der Waals surface area contributed by atoms with E-state index < -0.39 is 0 Å². The van der Waals surface area contributed by atoms with E-state index in [4.69, 9.17) is 0 Å². The first-order valence-electron chi connectivity index (χ1n) is 0. The summed E-state index contributed by atoms with van der Waals surface area (Å²) in [5, 5.41) is 0. The Bertz CT molecular complexity index is 8.00. The summed E-state index contributed by atoms with van der Waals surface area (Å²) in [6.45, 7) is 0. The van der Waals surface area contributed by atoms with Crippen LogP contribution in [0.3, 0.4) is 0 Å². The minimum Gasteiger partial charge on any atom is -0.0626 e. The second-order valence-corrected chi connectivity index (χ2v) is 0. The van der Waals surface area contributed by atoms with Gasteiger partial charge in [0, 0.05) is 0 Å². The van der Waals surface area contributed by atoms with Gasteiger partial charge in [-0.15, -0.1) is 0 Å². The third-order valence-corrected chi connectivity index (χ3v) is 0. The summed E-state index contributed by atoms with van der Waals surface area (Å²) in [4.78, 5) is 0. The van der Waals surface area contributed by atoms with Crippen molar-refractivity contribution in [1.29, 1.82) is 0 Å². The Morgan fingerprint density at radius 3 is 0.250 bits per heavy atom. The predicted molar refractivity (Wildman–Crippen MR) is 45.3 cm³/mol. The zero-order valence-corrected chi connectivity index (χ0v) is 12.0. The smallest absolute Gasteiger partial charge is 0.0626 e. The van der Waals surface area contributed by atoms with Crippen LogP contribution in [0.1, 0.15) is 0 Å². The molecule has 0 aromatic carbocycles. The van der Waals surface area contributed by atoms with Gasteiger partial charge in [0.15, 0.2) is 0 Å². The number of rotatable bonds is 0. The normalized spacial score (nSPS) is 0. The first-order valence-corrected chi connectivity index (χ1v) is 0.